The predicted molar refractivity (Wildman–Crippen MR) is 93.2 cm³/mol. The number of benzene rings is 1. The van der Waals surface area contributed by atoms with E-state index in [4.69, 9.17) is 4.74 Å². The minimum absolute atomic E-state index is 0.149. The van der Waals surface area contributed by atoms with Crippen LogP contribution < -0.4 is 10.1 Å². The van der Waals surface area contributed by atoms with Gasteiger partial charge in [0.05, 0.1) is 7.11 Å². The van der Waals surface area contributed by atoms with Gasteiger partial charge in [0.25, 0.3) is 5.91 Å². The molecule has 1 atom stereocenters. The van der Waals surface area contributed by atoms with Gasteiger partial charge in [-0.3, -0.25) is 4.79 Å². The first-order chi connectivity index (χ1) is 11.8. The van der Waals surface area contributed by atoms with E-state index in [9.17, 15) is 14.7 Å². The largest absolute Gasteiger partial charge is 0.494 e. The van der Waals surface area contributed by atoms with Crippen molar-refractivity contribution in [2.45, 2.75) is 33.2 Å². The maximum Gasteiger partial charge on any atom is 0.326 e. The summed E-state index contributed by atoms with van der Waals surface area (Å²) in [6, 6.07) is 6.25. The molecule has 7 heteroatoms. The molecule has 1 aromatic carbocycles. The molecule has 0 saturated carbocycles. The van der Waals surface area contributed by atoms with E-state index in [0.717, 1.165) is 5.56 Å². The van der Waals surface area contributed by atoms with Crippen LogP contribution in [-0.2, 0) is 4.79 Å². The third-order valence-corrected chi connectivity index (χ3v) is 3.71. The van der Waals surface area contributed by atoms with Gasteiger partial charge in [0.2, 0.25) is 0 Å². The van der Waals surface area contributed by atoms with E-state index in [1.54, 1.807) is 24.1 Å². The van der Waals surface area contributed by atoms with Crippen molar-refractivity contribution in [2.24, 2.45) is 5.92 Å². The summed E-state index contributed by atoms with van der Waals surface area (Å²) in [6.07, 6.45) is 2.00. The van der Waals surface area contributed by atoms with Crippen LogP contribution in [0.5, 0.6) is 5.75 Å². The van der Waals surface area contributed by atoms with Crippen LogP contribution in [-0.4, -0.2) is 39.9 Å². The third-order valence-electron chi connectivity index (χ3n) is 3.71. The van der Waals surface area contributed by atoms with Gasteiger partial charge in [0.1, 0.15) is 17.5 Å². The molecular formula is C18H23N3O4. The number of aliphatic carboxylic acids is 1. The molecule has 1 unspecified atom stereocenters. The smallest absolute Gasteiger partial charge is 0.326 e. The first kappa shape index (κ1) is 18.5. The Kier molecular flexibility index (Phi) is 5.80. The van der Waals surface area contributed by atoms with Gasteiger partial charge in [-0.05, 0) is 43.0 Å². The maximum absolute atomic E-state index is 12.3. The number of carboxylic acids is 1. The van der Waals surface area contributed by atoms with E-state index >= 15 is 0 Å². The molecule has 7 nitrogen and oxygen atoms in total. The number of nitrogens with one attached hydrogen (secondary N) is 1. The summed E-state index contributed by atoms with van der Waals surface area (Å²) in [5, 5.41) is 16.0. The number of amides is 1. The van der Waals surface area contributed by atoms with Crippen molar-refractivity contribution < 1.29 is 19.4 Å². The lowest BCUT2D eigenvalue weighted by molar-refractivity contribution is -0.139. The highest BCUT2D eigenvalue weighted by Gasteiger charge is 2.23. The van der Waals surface area contributed by atoms with Crippen LogP contribution >= 0.6 is 0 Å². The summed E-state index contributed by atoms with van der Waals surface area (Å²) in [7, 11) is 1.56. The summed E-state index contributed by atoms with van der Waals surface area (Å²) in [6.45, 7) is 5.76. The molecule has 134 valence electrons. The highest BCUT2D eigenvalue weighted by molar-refractivity contribution is 5.94. The first-order valence-corrected chi connectivity index (χ1v) is 8.06. The van der Waals surface area contributed by atoms with Gasteiger partial charge in [-0.25, -0.2) is 9.48 Å². The van der Waals surface area contributed by atoms with Crippen molar-refractivity contribution >= 4 is 11.9 Å². The Labute approximate surface area is 146 Å². The maximum atomic E-state index is 12.3. The van der Waals surface area contributed by atoms with Crippen LogP contribution in [0.3, 0.4) is 0 Å². The normalized spacial score (nSPS) is 12.0. The number of carbonyl (C=O) groups excluding carboxylic acids is 1. The van der Waals surface area contributed by atoms with Crippen molar-refractivity contribution in [3.63, 3.8) is 0 Å². The molecule has 2 aromatic rings. The fraction of sp³-hybridized carbons (Fsp3) is 0.389. The minimum atomic E-state index is -1.05. The van der Waals surface area contributed by atoms with E-state index in [1.807, 2.05) is 39.0 Å². The van der Waals surface area contributed by atoms with Crippen molar-refractivity contribution in [2.75, 3.05) is 7.11 Å². The average molecular weight is 345 g/mol. The second-order valence-corrected chi connectivity index (χ2v) is 6.31. The molecule has 25 heavy (non-hydrogen) atoms. The van der Waals surface area contributed by atoms with Gasteiger partial charge < -0.3 is 15.2 Å². The van der Waals surface area contributed by atoms with E-state index in [-0.39, 0.29) is 11.6 Å². The number of carboxylic acid groups (broad SMARTS) is 1. The standard InChI is InChI=1S/C18H23N3O4/c1-11(2)9-14(18(23)24)19-17(22)13-7-8-21(20-13)15-10-12(3)5-6-16(15)25-4/h5-8,10-11,14H,9H2,1-4H3,(H,19,22)(H,23,24). The van der Waals surface area contributed by atoms with Gasteiger partial charge in [-0.2, -0.15) is 5.10 Å². The summed E-state index contributed by atoms with van der Waals surface area (Å²) in [5.74, 6) is -0.792. The highest BCUT2D eigenvalue weighted by Crippen LogP contribution is 2.23. The Morgan fingerprint density at radius 1 is 1.32 bits per heavy atom. The third kappa shape index (κ3) is 4.59. The van der Waals surface area contributed by atoms with Crippen LogP contribution in [0.25, 0.3) is 5.69 Å². The second kappa shape index (κ2) is 7.83. The summed E-state index contributed by atoms with van der Waals surface area (Å²) in [4.78, 5) is 23.6. The minimum Gasteiger partial charge on any atom is -0.494 e. The molecule has 2 rings (SSSR count). The van der Waals surface area contributed by atoms with E-state index in [1.165, 1.54) is 0 Å². The number of nitrogens with zero attached hydrogens (tertiary/aromatic N) is 2. The van der Waals surface area contributed by atoms with Crippen molar-refractivity contribution in [3.05, 3.63) is 41.7 Å². The number of aromatic nitrogens is 2. The molecule has 0 radical (unpaired) electrons. The lowest BCUT2D eigenvalue weighted by Gasteiger charge is -2.15. The Morgan fingerprint density at radius 3 is 2.64 bits per heavy atom. The number of hydrogen-bond donors (Lipinski definition) is 2. The second-order valence-electron chi connectivity index (χ2n) is 6.31. The molecule has 0 bridgehead atoms. The van der Waals surface area contributed by atoms with Gasteiger partial charge in [-0.1, -0.05) is 19.9 Å². The van der Waals surface area contributed by atoms with Crippen LogP contribution in [0.2, 0.25) is 0 Å². The summed E-state index contributed by atoms with van der Waals surface area (Å²) >= 11 is 0. The summed E-state index contributed by atoms with van der Waals surface area (Å²) in [5.41, 5.74) is 1.89. The van der Waals surface area contributed by atoms with Gasteiger partial charge in [-0.15, -0.1) is 0 Å². The average Bonchev–Trinajstić information content (AvgIpc) is 3.03. The molecule has 0 aliphatic rings. The topological polar surface area (TPSA) is 93.5 Å². The Bertz CT molecular complexity index is 767. The zero-order valence-corrected chi connectivity index (χ0v) is 14.8. The molecule has 0 fully saturated rings. The lowest BCUT2D eigenvalue weighted by atomic mass is 10.0. The fourth-order valence-corrected chi connectivity index (χ4v) is 2.48. The van der Waals surface area contributed by atoms with Crippen LogP contribution in [0.4, 0.5) is 0 Å². The zero-order valence-electron chi connectivity index (χ0n) is 14.8. The first-order valence-electron chi connectivity index (χ1n) is 8.06. The van der Waals surface area contributed by atoms with Crippen LogP contribution in [0, 0.1) is 12.8 Å². The van der Waals surface area contributed by atoms with Gasteiger partial charge in [0.15, 0.2) is 5.69 Å². The lowest BCUT2D eigenvalue weighted by Crippen LogP contribution is -2.41. The number of rotatable bonds is 7. The summed E-state index contributed by atoms with van der Waals surface area (Å²) < 4.78 is 6.87. The highest BCUT2D eigenvalue weighted by atomic mass is 16.5. The Balaban J connectivity index is 2.22. The molecule has 2 N–H and O–H groups in total. The van der Waals surface area contributed by atoms with Crippen molar-refractivity contribution in [1.82, 2.24) is 15.1 Å². The molecule has 0 saturated heterocycles. The molecule has 1 amide bonds. The fourth-order valence-electron chi connectivity index (χ4n) is 2.48. The van der Waals surface area contributed by atoms with Gasteiger partial charge >= 0.3 is 5.97 Å². The molecule has 0 spiro atoms. The van der Waals surface area contributed by atoms with E-state index in [2.05, 4.69) is 10.4 Å². The molecule has 0 aliphatic heterocycles. The predicted octanol–water partition coefficient (Wildman–Crippen LogP) is 2.42. The number of aryl methyl sites for hydroxylation is 1. The number of carbonyl (C=O) groups is 2. The molecule has 0 aliphatic carbocycles. The van der Waals surface area contributed by atoms with Crippen LogP contribution in [0.1, 0.15) is 36.3 Å². The van der Waals surface area contributed by atoms with E-state index < -0.39 is 17.9 Å². The van der Waals surface area contributed by atoms with Crippen LogP contribution in [0.15, 0.2) is 30.5 Å². The van der Waals surface area contributed by atoms with Crippen molar-refractivity contribution in [1.29, 1.82) is 0 Å². The number of methoxy groups -OCH3 is 1. The SMILES string of the molecule is COc1ccc(C)cc1-n1ccc(C(=O)NC(CC(C)C)C(=O)O)n1. The van der Waals surface area contributed by atoms with E-state index in [0.29, 0.717) is 17.9 Å². The zero-order chi connectivity index (χ0) is 18.6. The Morgan fingerprint density at radius 2 is 2.04 bits per heavy atom. The number of ether oxygens (including phenoxy) is 1. The quantitative estimate of drug-likeness (QED) is 0.804. The van der Waals surface area contributed by atoms with Gasteiger partial charge in [0, 0.05) is 6.20 Å². The number of hydrogen-bond acceptors (Lipinski definition) is 4. The molecule has 1 heterocycles. The Hall–Kier alpha value is -2.83. The van der Waals surface area contributed by atoms with Crippen molar-refractivity contribution in [3.8, 4) is 11.4 Å². The monoisotopic (exact) mass is 345 g/mol. The molecular weight excluding hydrogens is 322 g/mol. The molecule has 1 aromatic heterocycles.